The smallest absolute Gasteiger partial charge is 0.0452 e. The van der Waals surface area contributed by atoms with Gasteiger partial charge in [0, 0.05) is 16.2 Å². The summed E-state index contributed by atoms with van der Waals surface area (Å²) in [6.45, 7) is 2.26. The average molecular weight is 193 g/mol. The van der Waals surface area contributed by atoms with Gasteiger partial charge < -0.3 is 5.32 Å². The quantitative estimate of drug-likeness (QED) is 0.775. The maximum atomic E-state index is 3.40. The van der Waals surface area contributed by atoms with Crippen LogP contribution in [0.25, 0.3) is 0 Å². The molecule has 1 heterocycles. The van der Waals surface area contributed by atoms with Gasteiger partial charge in [-0.25, -0.2) is 0 Å². The van der Waals surface area contributed by atoms with Crippen molar-refractivity contribution in [1.82, 2.24) is 5.32 Å². The summed E-state index contributed by atoms with van der Waals surface area (Å²) in [6, 6.07) is 9.25. The van der Waals surface area contributed by atoms with Crippen molar-refractivity contribution < 1.29 is 0 Å². The molecule has 13 heavy (non-hydrogen) atoms. The molecule has 0 spiro atoms. The molecule has 70 valence electrons. The van der Waals surface area contributed by atoms with Gasteiger partial charge in [-0.3, -0.25) is 0 Å². The van der Waals surface area contributed by atoms with Crippen molar-refractivity contribution >= 4 is 11.8 Å². The van der Waals surface area contributed by atoms with E-state index in [1.165, 1.54) is 16.9 Å². The van der Waals surface area contributed by atoms with Crippen molar-refractivity contribution in [3.05, 3.63) is 29.8 Å². The van der Waals surface area contributed by atoms with Crippen molar-refractivity contribution in [2.24, 2.45) is 0 Å². The zero-order chi connectivity index (χ0) is 9.26. The molecule has 1 aromatic carbocycles. The highest BCUT2D eigenvalue weighted by Gasteiger charge is 2.30. The number of thioether (sulfide) groups is 1. The van der Waals surface area contributed by atoms with Crippen LogP contribution in [-0.2, 0) is 0 Å². The summed E-state index contributed by atoms with van der Waals surface area (Å²) in [7, 11) is 2.05. The van der Waals surface area contributed by atoms with Crippen LogP contribution in [0, 0.1) is 0 Å². The molecule has 1 N–H and O–H groups in total. The monoisotopic (exact) mass is 193 g/mol. The molecule has 2 unspecified atom stereocenters. The Morgan fingerprint density at radius 3 is 2.85 bits per heavy atom. The van der Waals surface area contributed by atoms with Crippen molar-refractivity contribution in [2.45, 2.75) is 29.5 Å². The van der Waals surface area contributed by atoms with Crippen molar-refractivity contribution in [3.8, 4) is 0 Å². The lowest BCUT2D eigenvalue weighted by Gasteiger charge is -2.16. The molecule has 0 saturated carbocycles. The van der Waals surface area contributed by atoms with Gasteiger partial charge >= 0.3 is 0 Å². The molecule has 2 atom stereocenters. The molecular weight excluding hydrogens is 178 g/mol. The van der Waals surface area contributed by atoms with E-state index in [4.69, 9.17) is 0 Å². The highest BCUT2D eigenvalue weighted by atomic mass is 32.2. The second-order valence-electron chi connectivity index (χ2n) is 3.37. The summed E-state index contributed by atoms with van der Waals surface area (Å²) in [5, 5.41) is 4.11. The van der Waals surface area contributed by atoms with Crippen molar-refractivity contribution in [2.75, 3.05) is 7.05 Å². The zero-order valence-corrected chi connectivity index (χ0v) is 8.90. The molecule has 0 aromatic heterocycles. The molecule has 0 aliphatic carbocycles. The molecular formula is C11H15NS. The predicted octanol–water partition coefficient (Wildman–Crippen LogP) is 2.83. The fourth-order valence-electron chi connectivity index (χ4n) is 1.94. The van der Waals surface area contributed by atoms with Crippen LogP contribution in [0.4, 0.5) is 0 Å². The Hall–Kier alpha value is -0.470. The van der Waals surface area contributed by atoms with Gasteiger partial charge in [-0.1, -0.05) is 25.1 Å². The number of hydrogen-bond acceptors (Lipinski definition) is 2. The van der Waals surface area contributed by atoms with E-state index in [1.54, 1.807) is 0 Å². The number of fused-ring (bicyclic) bond motifs is 1. The Morgan fingerprint density at radius 1 is 1.38 bits per heavy atom. The first-order valence-corrected chi connectivity index (χ1v) is 5.67. The molecule has 0 amide bonds. The predicted molar refractivity (Wildman–Crippen MR) is 58.2 cm³/mol. The van der Waals surface area contributed by atoms with Gasteiger partial charge in [0.05, 0.1) is 0 Å². The van der Waals surface area contributed by atoms with E-state index in [2.05, 4.69) is 43.6 Å². The Morgan fingerprint density at radius 2 is 2.15 bits per heavy atom. The van der Waals surface area contributed by atoms with Crippen LogP contribution in [0.3, 0.4) is 0 Å². The van der Waals surface area contributed by atoms with Gasteiger partial charge in [0.15, 0.2) is 0 Å². The molecule has 2 heteroatoms. The van der Waals surface area contributed by atoms with Gasteiger partial charge in [-0.2, -0.15) is 0 Å². The molecule has 0 bridgehead atoms. The third-order valence-electron chi connectivity index (χ3n) is 2.62. The van der Waals surface area contributed by atoms with E-state index in [0.29, 0.717) is 11.3 Å². The normalized spacial score (nSPS) is 26.0. The van der Waals surface area contributed by atoms with E-state index in [1.807, 2.05) is 11.8 Å². The third kappa shape index (κ3) is 1.49. The van der Waals surface area contributed by atoms with Gasteiger partial charge in [0.2, 0.25) is 0 Å². The molecule has 0 fully saturated rings. The topological polar surface area (TPSA) is 12.0 Å². The molecule has 1 aliphatic rings. The minimum atomic E-state index is 0.547. The van der Waals surface area contributed by atoms with Crippen LogP contribution >= 0.6 is 11.8 Å². The first-order chi connectivity index (χ1) is 6.36. The third-order valence-corrected chi connectivity index (χ3v) is 4.15. The lowest BCUT2D eigenvalue weighted by Crippen LogP contribution is -2.22. The maximum Gasteiger partial charge on any atom is 0.0452 e. The standard InChI is InChI=1S/C11H15NS/c1-3-9-11(12-2)8-6-4-5-7-10(8)13-9/h4-7,9,11-12H,3H2,1-2H3. The van der Waals surface area contributed by atoms with E-state index in [0.717, 1.165) is 0 Å². The molecule has 0 radical (unpaired) electrons. The van der Waals surface area contributed by atoms with E-state index >= 15 is 0 Å². The molecule has 1 aromatic rings. The van der Waals surface area contributed by atoms with Gasteiger partial charge in [0.1, 0.15) is 0 Å². The molecule has 1 aliphatic heterocycles. The number of nitrogens with one attached hydrogen (secondary N) is 1. The summed E-state index contributed by atoms with van der Waals surface area (Å²) in [6.07, 6.45) is 1.23. The highest BCUT2D eigenvalue weighted by molar-refractivity contribution is 8.00. The van der Waals surface area contributed by atoms with E-state index < -0.39 is 0 Å². The Balaban J connectivity index is 2.34. The van der Waals surface area contributed by atoms with E-state index in [9.17, 15) is 0 Å². The van der Waals surface area contributed by atoms with Crippen LogP contribution in [-0.4, -0.2) is 12.3 Å². The number of hydrogen-bond donors (Lipinski definition) is 1. The van der Waals surface area contributed by atoms with Crippen LogP contribution in [0.15, 0.2) is 29.2 Å². The van der Waals surface area contributed by atoms with Crippen molar-refractivity contribution in [3.63, 3.8) is 0 Å². The number of rotatable bonds is 2. The Kier molecular flexibility index (Phi) is 2.61. The summed E-state index contributed by atoms with van der Waals surface area (Å²) in [5.74, 6) is 0. The van der Waals surface area contributed by atoms with E-state index in [-0.39, 0.29) is 0 Å². The average Bonchev–Trinajstić information content (AvgIpc) is 2.55. The molecule has 0 saturated heterocycles. The summed E-state index contributed by atoms with van der Waals surface area (Å²) >= 11 is 2.01. The minimum absolute atomic E-state index is 0.547. The van der Waals surface area contributed by atoms with Gasteiger partial charge in [-0.15, -0.1) is 11.8 Å². The largest absolute Gasteiger partial charge is 0.312 e. The lowest BCUT2D eigenvalue weighted by molar-refractivity contribution is 0.563. The second-order valence-corrected chi connectivity index (χ2v) is 4.65. The summed E-state index contributed by atoms with van der Waals surface area (Å²) in [4.78, 5) is 1.45. The first kappa shape index (κ1) is 9.10. The summed E-state index contributed by atoms with van der Waals surface area (Å²) < 4.78 is 0. The highest BCUT2D eigenvalue weighted by Crippen LogP contribution is 2.44. The van der Waals surface area contributed by atoms with Crippen LogP contribution in [0.1, 0.15) is 24.9 Å². The molecule has 2 rings (SSSR count). The maximum absolute atomic E-state index is 3.40. The van der Waals surface area contributed by atoms with Crippen LogP contribution in [0.2, 0.25) is 0 Å². The minimum Gasteiger partial charge on any atom is -0.312 e. The van der Waals surface area contributed by atoms with Crippen molar-refractivity contribution in [1.29, 1.82) is 0 Å². The SMILES string of the molecule is CCC1Sc2ccccc2C1NC. The molecule has 1 nitrogen and oxygen atoms in total. The first-order valence-electron chi connectivity index (χ1n) is 4.79. The second kappa shape index (κ2) is 3.72. The lowest BCUT2D eigenvalue weighted by atomic mass is 10.0. The fraction of sp³-hybridized carbons (Fsp3) is 0.455. The summed E-state index contributed by atoms with van der Waals surface area (Å²) in [5.41, 5.74) is 1.47. The fourth-order valence-corrected chi connectivity index (χ4v) is 3.34. The van der Waals surface area contributed by atoms with Gasteiger partial charge in [-0.05, 0) is 25.1 Å². The Labute approximate surface area is 83.9 Å². The number of benzene rings is 1. The zero-order valence-electron chi connectivity index (χ0n) is 8.08. The van der Waals surface area contributed by atoms with Crippen LogP contribution in [0.5, 0.6) is 0 Å². The van der Waals surface area contributed by atoms with Crippen LogP contribution < -0.4 is 5.32 Å². The van der Waals surface area contributed by atoms with Gasteiger partial charge in [0.25, 0.3) is 0 Å². The Bertz CT molecular complexity index is 298.